The molecule has 94 valence electrons. The van der Waals surface area contributed by atoms with Crippen molar-refractivity contribution >= 4 is 0 Å². The molecule has 1 aliphatic rings. The van der Waals surface area contributed by atoms with Gasteiger partial charge < -0.3 is 5.73 Å². The van der Waals surface area contributed by atoms with Crippen LogP contribution in [0.2, 0.25) is 0 Å². The maximum absolute atomic E-state index is 13.2. The van der Waals surface area contributed by atoms with Crippen LogP contribution >= 0.6 is 0 Å². The molecule has 18 heavy (non-hydrogen) atoms. The van der Waals surface area contributed by atoms with Crippen LogP contribution in [0, 0.1) is 5.82 Å². The third kappa shape index (κ3) is 1.71. The average Bonchev–Trinajstić information content (AvgIpc) is 2.85. The van der Waals surface area contributed by atoms with E-state index in [4.69, 9.17) is 5.73 Å². The minimum atomic E-state index is -0.455. The molecule has 0 aliphatic heterocycles. The summed E-state index contributed by atoms with van der Waals surface area (Å²) in [6.45, 7) is 0. The Morgan fingerprint density at radius 3 is 3.06 bits per heavy atom. The Morgan fingerprint density at radius 2 is 2.33 bits per heavy atom. The fourth-order valence-corrected chi connectivity index (χ4v) is 2.69. The number of fused-ring (bicyclic) bond motifs is 1. The normalized spacial score (nSPS) is 22.2. The highest BCUT2D eigenvalue weighted by molar-refractivity contribution is 5.39. The van der Waals surface area contributed by atoms with Gasteiger partial charge in [0.2, 0.25) is 0 Å². The second-order valence-corrected chi connectivity index (χ2v) is 4.93. The van der Waals surface area contributed by atoms with Gasteiger partial charge in [0.15, 0.2) is 0 Å². The number of nitrogens with two attached hydrogens (primary N) is 1. The van der Waals surface area contributed by atoms with Gasteiger partial charge in [0.1, 0.15) is 18.0 Å². The zero-order chi connectivity index (χ0) is 12.8. The Hall–Kier alpha value is -1.75. The number of benzene rings is 1. The molecule has 3 rings (SSSR count). The highest BCUT2D eigenvalue weighted by Crippen LogP contribution is 2.37. The van der Waals surface area contributed by atoms with Crippen LogP contribution in [0.15, 0.2) is 24.5 Å². The summed E-state index contributed by atoms with van der Waals surface area (Å²) in [4.78, 5) is 4.21. The van der Waals surface area contributed by atoms with Gasteiger partial charge in [-0.25, -0.2) is 9.37 Å². The van der Waals surface area contributed by atoms with Crippen LogP contribution in [0.5, 0.6) is 0 Å². The molecule has 1 atom stereocenters. The lowest BCUT2D eigenvalue weighted by molar-refractivity contribution is 0.420. The van der Waals surface area contributed by atoms with E-state index in [1.54, 1.807) is 16.8 Å². The molecule has 0 saturated heterocycles. The monoisotopic (exact) mass is 246 g/mol. The van der Waals surface area contributed by atoms with E-state index < -0.39 is 5.54 Å². The lowest BCUT2D eigenvalue weighted by atomic mass is 9.89. The Balaban J connectivity index is 1.97. The van der Waals surface area contributed by atoms with Gasteiger partial charge in [0.25, 0.3) is 0 Å². The van der Waals surface area contributed by atoms with Crippen LogP contribution < -0.4 is 5.73 Å². The molecule has 1 aliphatic carbocycles. The lowest BCUT2D eigenvalue weighted by Crippen LogP contribution is -2.37. The Kier molecular flexibility index (Phi) is 2.45. The molecule has 4 nitrogen and oxygen atoms in total. The first-order valence-electron chi connectivity index (χ1n) is 5.99. The molecule has 1 heterocycles. The number of hydrogen-bond acceptors (Lipinski definition) is 3. The van der Waals surface area contributed by atoms with Gasteiger partial charge in [0, 0.05) is 19.0 Å². The average molecular weight is 246 g/mol. The van der Waals surface area contributed by atoms with E-state index in [0.29, 0.717) is 6.42 Å². The summed E-state index contributed by atoms with van der Waals surface area (Å²) < 4.78 is 14.9. The molecular weight excluding hydrogens is 231 g/mol. The van der Waals surface area contributed by atoms with Crippen molar-refractivity contribution in [3.63, 3.8) is 0 Å². The van der Waals surface area contributed by atoms with Gasteiger partial charge in [-0.15, -0.1) is 0 Å². The van der Waals surface area contributed by atoms with Crippen LogP contribution in [0.4, 0.5) is 4.39 Å². The summed E-state index contributed by atoms with van der Waals surface area (Å²) in [5.41, 5.74) is 8.07. The maximum atomic E-state index is 13.2. The van der Waals surface area contributed by atoms with Crippen molar-refractivity contribution < 1.29 is 4.39 Å². The summed E-state index contributed by atoms with van der Waals surface area (Å²) in [7, 11) is 1.85. The van der Waals surface area contributed by atoms with Gasteiger partial charge in [-0.3, -0.25) is 4.68 Å². The third-order valence-corrected chi connectivity index (χ3v) is 3.72. The van der Waals surface area contributed by atoms with E-state index in [1.165, 1.54) is 12.4 Å². The van der Waals surface area contributed by atoms with E-state index in [2.05, 4.69) is 10.1 Å². The first-order chi connectivity index (χ1) is 8.58. The molecule has 2 N–H and O–H groups in total. The van der Waals surface area contributed by atoms with Crippen LogP contribution in [-0.4, -0.2) is 14.8 Å². The van der Waals surface area contributed by atoms with Crippen molar-refractivity contribution in [2.24, 2.45) is 12.8 Å². The highest BCUT2D eigenvalue weighted by Gasteiger charge is 2.36. The summed E-state index contributed by atoms with van der Waals surface area (Å²) in [6.07, 6.45) is 3.79. The number of hydrogen-bond donors (Lipinski definition) is 1. The van der Waals surface area contributed by atoms with Crippen LogP contribution in [0.3, 0.4) is 0 Å². The number of aromatic nitrogens is 3. The summed E-state index contributed by atoms with van der Waals surface area (Å²) in [6, 6.07) is 4.86. The van der Waals surface area contributed by atoms with Crippen molar-refractivity contribution in [1.29, 1.82) is 0 Å². The topological polar surface area (TPSA) is 56.7 Å². The molecule has 2 aromatic rings. The number of halogens is 1. The standard InChI is InChI=1S/C13H15FN4/c1-18-12(16-8-17-18)7-13(15)5-4-9-6-10(14)2-3-11(9)13/h2-3,6,8H,4-5,7,15H2,1H3. The molecule has 0 spiro atoms. The minimum absolute atomic E-state index is 0.198. The van der Waals surface area contributed by atoms with Gasteiger partial charge in [-0.2, -0.15) is 5.10 Å². The minimum Gasteiger partial charge on any atom is -0.321 e. The molecule has 0 amide bonds. The molecular formula is C13H15FN4. The van der Waals surface area contributed by atoms with E-state index in [1.807, 2.05) is 7.05 Å². The molecule has 0 bridgehead atoms. The Bertz CT molecular complexity index is 592. The van der Waals surface area contributed by atoms with E-state index in [9.17, 15) is 4.39 Å². The van der Waals surface area contributed by atoms with Crippen molar-refractivity contribution in [3.05, 3.63) is 47.3 Å². The Labute approximate surface area is 105 Å². The van der Waals surface area contributed by atoms with E-state index >= 15 is 0 Å². The fourth-order valence-electron chi connectivity index (χ4n) is 2.69. The first-order valence-corrected chi connectivity index (χ1v) is 5.99. The van der Waals surface area contributed by atoms with E-state index in [-0.39, 0.29) is 5.82 Å². The van der Waals surface area contributed by atoms with Gasteiger partial charge in [0.05, 0.1) is 0 Å². The zero-order valence-corrected chi connectivity index (χ0v) is 10.2. The predicted molar refractivity (Wildman–Crippen MR) is 65.3 cm³/mol. The largest absolute Gasteiger partial charge is 0.321 e. The van der Waals surface area contributed by atoms with Crippen molar-refractivity contribution in [1.82, 2.24) is 14.8 Å². The van der Waals surface area contributed by atoms with E-state index in [0.717, 1.165) is 29.8 Å². The second kappa shape index (κ2) is 3.88. The molecule has 0 fully saturated rings. The number of nitrogens with zero attached hydrogens (tertiary/aromatic N) is 3. The van der Waals surface area contributed by atoms with Gasteiger partial charge in [-0.1, -0.05) is 6.07 Å². The molecule has 1 aromatic heterocycles. The summed E-state index contributed by atoms with van der Waals surface area (Å²) >= 11 is 0. The maximum Gasteiger partial charge on any atom is 0.138 e. The van der Waals surface area contributed by atoms with Crippen molar-refractivity contribution in [2.45, 2.75) is 24.8 Å². The molecule has 1 unspecified atom stereocenters. The summed E-state index contributed by atoms with van der Waals surface area (Å²) in [5.74, 6) is 0.659. The number of aryl methyl sites for hydroxylation is 2. The summed E-state index contributed by atoms with van der Waals surface area (Å²) in [5, 5.41) is 4.05. The van der Waals surface area contributed by atoms with Crippen molar-refractivity contribution in [3.8, 4) is 0 Å². The van der Waals surface area contributed by atoms with Crippen molar-refractivity contribution in [2.75, 3.05) is 0 Å². The smallest absolute Gasteiger partial charge is 0.138 e. The SMILES string of the molecule is Cn1ncnc1CC1(N)CCc2cc(F)ccc21. The quantitative estimate of drug-likeness (QED) is 0.869. The number of rotatable bonds is 2. The molecule has 5 heteroatoms. The molecule has 0 radical (unpaired) electrons. The third-order valence-electron chi connectivity index (χ3n) is 3.72. The van der Waals surface area contributed by atoms with Crippen LogP contribution in [0.25, 0.3) is 0 Å². The van der Waals surface area contributed by atoms with Crippen LogP contribution in [0.1, 0.15) is 23.4 Å². The Morgan fingerprint density at radius 1 is 1.50 bits per heavy atom. The first kappa shape index (κ1) is 11.3. The second-order valence-electron chi connectivity index (χ2n) is 4.93. The van der Waals surface area contributed by atoms with Gasteiger partial charge in [-0.05, 0) is 36.1 Å². The molecule has 0 saturated carbocycles. The molecule has 1 aromatic carbocycles. The highest BCUT2D eigenvalue weighted by atomic mass is 19.1. The fraction of sp³-hybridized carbons (Fsp3) is 0.385. The predicted octanol–water partition coefficient (Wildman–Crippen LogP) is 1.30. The van der Waals surface area contributed by atoms with Crippen LogP contribution in [-0.2, 0) is 25.4 Å². The lowest BCUT2D eigenvalue weighted by Gasteiger charge is -2.24. The zero-order valence-electron chi connectivity index (χ0n) is 10.2. The van der Waals surface area contributed by atoms with Gasteiger partial charge >= 0.3 is 0 Å².